The second kappa shape index (κ2) is 8.19. The number of carbonyl (C=O) groups excluding carboxylic acids is 1. The lowest BCUT2D eigenvalue weighted by Gasteiger charge is -2.33. The first-order chi connectivity index (χ1) is 12.8. The third kappa shape index (κ3) is 4.25. The van der Waals surface area contributed by atoms with Gasteiger partial charge in [-0.1, -0.05) is 36.4 Å². The molecule has 138 valence electrons. The lowest BCUT2D eigenvalue weighted by Crippen LogP contribution is -2.45. The molecule has 2 aliphatic rings. The second-order valence-corrected chi connectivity index (χ2v) is 7.82. The maximum atomic E-state index is 12.2. The van der Waals surface area contributed by atoms with Gasteiger partial charge in [-0.05, 0) is 67.1 Å². The summed E-state index contributed by atoms with van der Waals surface area (Å²) in [7, 11) is 0. The Morgan fingerprint density at radius 2 is 2.00 bits per heavy atom. The van der Waals surface area contributed by atoms with Crippen LogP contribution >= 0.6 is 0 Å². The Morgan fingerprint density at radius 1 is 1.12 bits per heavy atom. The van der Waals surface area contributed by atoms with E-state index in [2.05, 4.69) is 58.0 Å². The van der Waals surface area contributed by atoms with Crippen molar-refractivity contribution in [3.63, 3.8) is 0 Å². The molecular weight excluding hydrogens is 322 g/mol. The molecule has 2 aromatic rings. The molecule has 4 nitrogen and oxygen atoms in total. The van der Waals surface area contributed by atoms with Crippen LogP contribution in [0, 0.1) is 5.92 Å². The molecule has 2 unspecified atom stereocenters. The number of benzene rings is 2. The number of hydrogen-bond donors (Lipinski definition) is 2. The van der Waals surface area contributed by atoms with Gasteiger partial charge in [0.2, 0.25) is 5.91 Å². The van der Waals surface area contributed by atoms with Crippen molar-refractivity contribution < 1.29 is 4.79 Å². The minimum atomic E-state index is 0.0345. The van der Waals surface area contributed by atoms with Crippen molar-refractivity contribution >= 4 is 16.7 Å². The van der Waals surface area contributed by atoms with E-state index in [1.165, 1.54) is 29.2 Å². The zero-order valence-electron chi connectivity index (χ0n) is 15.4. The Kier molecular flexibility index (Phi) is 5.51. The van der Waals surface area contributed by atoms with Crippen molar-refractivity contribution in [2.45, 2.75) is 38.3 Å². The van der Waals surface area contributed by atoms with Crippen LogP contribution in [-0.4, -0.2) is 43.0 Å². The molecule has 0 saturated carbocycles. The SMILES string of the molecule is O=C(NCC1CCCN(Cc2ccc3ccccc3c2)C1)C1CCCN1. The number of amides is 1. The first-order valence-corrected chi connectivity index (χ1v) is 9.99. The van der Waals surface area contributed by atoms with E-state index in [4.69, 9.17) is 0 Å². The molecule has 0 spiro atoms. The van der Waals surface area contributed by atoms with Crippen LogP contribution in [0.15, 0.2) is 42.5 Å². The van der Waals surface area contributed by atoms with Crippen LogP contribution in [0.1, 0.15) is 31.2 Å². The Morgan fingerprint density at radius 3 is 2.85 bits per heavy atom. The first kappa shape index (κ1) is 17.5. The number of rotatable bonds is 5. The van der Waals surface area contributed by atoms with E-state index >= 15 is 0 Å². The highest BCUT2D eigenvalue weighted by atomic mass is 16.2. The molecule has 0 bridgehead atoms. The van der Waals surface area contributed by atoms with Gasteiger partial charge >= 0.3 is 0 Å². The molecule has 2 saturated heterocycles. The molecule has 0 aliphatic carbocycles. The molecule has 2 aliphatic heterocycles. The highest BCUT2D eigenvalue weighted by molar-refractivity contribution is 5.83. The van der Waals surface area contributed by atoms with Crippen LogP contribution in [0.3, 0.4) is 0 Å². The van der Waals surface area contributed by atoms with Gasteiger partial charge in [-0.3, -0.25) is 9.69 Å². The summed E-state index contributed by atoms with van der Waals surface area (Å²) in [5.41, 5.74) is 1.38. The predicted octanol–water partition coefficient (Wildman–Crippen LogP) is 2.92. The molecule has 2 heterocycles. The van der Waals surface area contributed by atoms with Crippen LogP contribution < -0.4 is 10.6 Å². The highest BCUT2D eigenvalue weighted by Crippen LogP contribution is 2.21. The summed E-state index contributed by atoms with van der Waals surface area (Å²) in [5.74, 6) is 0.753. The average molecular weight is 351 g/mol. The van der Waals surface area contributed by atoms with Crippen LogP contribution in [0.25, 0.3) is 10.8 Å². The van der Waals surface area contributed by atoms with E-state index in [1.807, 2.05) is 0 Å². The van der Waals surface area contributed by atoms with Crippen molar-refractivity contribution in [1.29, 1.82) is 0 Å². The fraction of sp³-hybridized carbons (Fsp3) is 0.500. The fourth-order valence-corrected chi connectivity index (χ4v) is 4.33. The van der Waals surface area contributed by atoms with Crippen LogP contribution in [-0.2, 0) is 11.3 Å². The number of nitrogens with zero attached hydrogens (tertiary/aromatic N) is 1. The molecular formula is C22H29N3O. The smallest absolute Gasteiger partial charge is 0.237 e. The number of nitrogens with one attached hydrogen (secondary N) is 2. The number of likely N-dealkylation sites (tertiary alicyclic amines) is 1. The van der Waals surface area contributed by atoms with Gasteiger partial charge in [0.1, 0.15) is 0 Å². The Hall–Kier alpha value is -1.91. The van der Waals surface area contributed by atoms with Crippen LogP contribution in [0.5, 0.6) is 0 Å². The molecule has 0 aromatic heterocycles. The molecule has 1 amide bonds. The fourth-order valence-electron chi connectivity index (χ4n) is 4.33. The summed E-state index contributed by atoms with van der Waals surface area (Å²) in [6, 6.07) is 15.4. The summed E-state index contributed by atoms with van der Waals surface area (Å²) < 4.78 is 0. The Balaban J connectivity index is 1.30. The molecule has 2 N–H and O–H groups in total. The predicted molar refractivity (Wildman–Crippen MR) is 106 cm³/mol. The summed E-state index contributed by atoms with van der Waals surface area (Å²) in [4.78, 5) is 14.7. The number of hydrogen-bond acceptors (Lipinski definition) is 3. The second-order valence-electron chi connectivity index (χ2n) is 7.82. The molecule has 0 radical (unpaired) electrons. The largest absolute Gasteiger partial charge is 0.354 e. The maximum Gasteiger partial charge on any atom is 0.237 e. The quantitative estimate of drug-likeness (QED) is 0.871. The third-order valence-corrected chi connectivity index (χ3v) is 5.76. The Bertz CT molecular complexity index is 754. The van der Waals surface area contributed by atoms with E-state index in [-0.39, 0.29) is 11.9 Å². The van der Waals surface area contributed by atoms with Gasteiger partial charge in [-0.15, -0.1) is 0 Å². The highest BCUT2D eigenvalue weighted by Gasteiger charge is 2.24. The van der Waals surface area contributed by atoms with Crippen molar-refractivity contribution in [2.75, 3.05) is 26.2 Å². The number of piperidine rings is 1. The van der Waals surface area contributed by atoms with E-state index in [9.17, 15) is 4.79 Å². The van der Waals surface area contributed by atoms with E-state index in [0.29, 0.717) is 5.92 Å². The van der Waals surface area contributed by atoms with Crippen molar-refractivity contribution in [3.05, 3.63) is 48.0 Å². The van der Waals surface area contributed by atoms with E-state index in [1.54, 1.807) is 0 Å². The lowest BCUT2D eigenvalue weighted by molar-refractivity contribution is -0.123. The minimum Gasteiger partial charge on any atom is -0.354 e. The van der Waals surface area contributed by atoms with Crippen LogP contribution in [0.4, 0.5) is 0 Å². The molecule has 2 aromatic carbocycles. The molecule has 4 rings (SSSR count). The lowest BCUT2D eigenvalue weighted by atomic mass is 9.97. The summed E-state index contributed by atoms with van der Waals surface area (Å²) in [6.45, 7) is 5.01. The zero-order chi connectivity index (χ0) is 17.8. The monoisotopic (exact) mass is 351 g/mol. The topological polar surface area (TPSA) is 44.4 Å². The van der Waals surface area contributed by atoms with Crippen molar-refractivity contribution in [1.82, 2.24) is 15.5 Å². The molecule has 26 heavy (non-hydrogen) atoms. The third-order valence-electron chi connectivity index (χ3n) is 5.76. The summed E-state index contributed by atoms with van der Waals surface area (Å²) in [6.07, 6.45) is 4.52. The van der Waals surface area contributed by atoms with E-state index < -0.39 is 0 Å². The van der Waals surface area contributed by atoms with Gasteiger partial charge < -0.3 is 10.6 Å². The number of carbonyl (C=O) groups is 1. The maximum absolute atomic E-state index is 12.2. The Labute approximate surface area is 156 Å². The van der Waals surface area contributed by atoms with Gasteiger partial charge in [0.15, 0.2) is 0 Å². The van der Waals surface area contributed by atoms with E-state index in [0.717, 1.165) is 45.6 Å². The van der Waals surface area contributed by atoms with Crippen molar-refractivity contribution in [2.24, 2.45) is 5.92 Å². The summed E-state index contributed by atoms with van der Waals surface area (Å²) >= 11 is 0. The van der Waals surface area contributed by atoms with Gasteiger partial charge in [0.05, 0.1) is 6.04 Å². The zero-order valence-corrected chi connectivity index (χ0v) is 15.4. The van der Waals surface area contributed by atoms with Crippen LogP contribution in [0.2, 0.25) is 0 Å². The van der Waals surface area contributed by atoms with Gasteiger partial charge in [0.25, 0.3) is 0 Å². The standard InChI is InChI=1S/C22H29N3O/c26-22(21-8-3-11-23-21)24-14-18-5-4-12-25(16-18)15-17-9-10-19-6-1-2-7-20(19)13-17/h1-2,6-7,9-10,13,18,21,23H,3-5,8,11-12,14-16H2,(H,24,26). The molecule has 4 heteroatoms. The molecule has 2 fully saturated rings. The van der Waals surface area contributed by atoms with Crippen molar-refractivity contribution in [3.8, 4) is 0 Å². The van der Waals surface area contributed by atoms with Gasteiger partial charge in [-0.25, -0.2) is 0 Å². The van der Waals surface area contributed by atoms with Gasteiger partial charge in [0, 0.05) is 19.6 Å². The summed E-state index contributed by atoms with van der Waals surface area (Å²) in [5, 5.41) is 9.07. The molecule has 2 atom stereocenters. The minimum absolute atomic E-state index is 0.0345. The first-order valence-electron chi connectivity index (χ1n) is 9.99. The number of fused-ring (bicyclic) bond motifs is 1. The van der Waals surface area contributed by atoms with Gasteiger partial charge in [-0.2, -0.15) is 0 Å². The average Bonchev–Trinajstić information content (AvgIpc) is 3.21. The normalized spacial score (nSPS) is 24.0.